The smallest absolute Gasteiger partial charge is 0.276 e. The molecular weight excluding hydrogens is 320 g/mol. The third-order valence-corrected chi connectivity index (χ3v) is 4.67. The molecule has 0 atom stereocenters. The maximum Gasteiger partial charge on any atom is 0.276 e. The molecule has 1 saturated heterocycles. The topological polar surface area (TPSA) is 32.8 Å². The first-order valence-corrected chi connectivity index (χ1v) is 8.45. The second kappa shape index (κ2) is 6.61. The quantitative estimate of drug-likeness (QED) is 0.628. The van der Waals surface area contributed by atoms with E-state index in [1.165, 1.54) is 0 Å². The van der Waals surface area contributed by atoms with Crippen molar-refractivity contribution < 1.29 is 9.53 Å². The summed E-state index contributed by atoms with van der Waals surface area (Å²) in [7, 11) is 1.83. The first kappa shape index (κ1) is 16.5. The van der Waals surface area contributed by atoms with E-state index < -0.39 is 0 Å². The molecule has 0 aromatic heterocycles. The average molecular weight is 340 g/mol. The lowest BCUT2D eigenvalue weighted by Crippen LogP contribution is -2.30. The number of hydrogen-bond acceptors (Lipinski definition) is 3. The number of nitrogens with zero attached hydrogens (tertiary/aromatic N) is 2. The third-order valence-electron chi connectivity index (χ3n) is 4.17. The molecule has 5 heteroatoms. The van der Waals surface area contributed by atoms with Gasteiger partial charge in [-0.1, -0.05) is 30.3 Å². The molecule has 0 N–H and O–H groups in total. The summed E-state index contributed by atoms with van der Waals surface area (Å²) in [5.41, 5.74) is 1.48. The van der Waals surface area contributed by atoms with Crippen LogP contribution in [0, 0.1) is 0 Å². The van der Waals surface area contributed by atoms with Gasteiger partial charge in [0.2, 0.25) is 0 Å². The normalized spacial score (nSPS) is 16.5. The van der Waals surface area contributed by atoms with Crippen molar-refractivity contribution >= 4 is 40.1 Å². The Labute approximate surface area is 147 Å². The standard InChI is InChI=1S/C19H20N2O2S/c1-4-21-18(22)16(20(3)19(21)24)12-15-14-9-7-6-8-13(14)10-11-17(15)23-5-2/h6-12H,4-5H2,1-3H3/b16-12-. The Bertz CT molecular complexity index is 844. The van der Waals surface area contributed by atoms with Gasteiger partial charge in [-0.2, -0.15) is 0 Å². The minimum absolute atomic E-state index is 0.0691. The predicted molar refractivity (Wildman–Crippen MR) is 101 cm³/mol. The Morgan fingerprint density at radius 1 is 1.17 bits per heavy atom. The molecule has 0 unspecified atom stereocenters. The molecule has 0 bridgehead atoms. The zero-order chi connectivity index (χ0) is 17.3. The molecular formula is C19H20N2O2S. The summed E-state index contributed by atoms with van der Waals surface area (Å²) in [6.45, 7) is 5.00. The molecule has 1 aliphatic rings. The highest BCUT2D eigenvalue weighted by atomic mass is 32.1. The van der Waals surface area contributed by atoms with Gasteiger partial charge in [0.15, 0.2) is 5.11 Å². The minimum Gasteiger partial charge on any atom is -0.493 e. The third kappa shape index (κ3) is 2.65. The van der Waals surface area contributed by atoms with Crippen LogP contribution in [0.25, 0.3) is 16.8 Å². The van der Waals surface area contributed by atoms with Crippen LogP contribution in [-0.4, -0.2) is 41.0 Å². The van der Waals surface area contributed by atoms with Gasteiger partial charge < -0.3 is 9.64 Å². The lowest BCUT2D eigenvalue weighted by atomic mass is 10.0. The summed E-state index contributed by atoms with van der Waals surface area (Å²) in [6, 6.07) is 12.1. The zero-order valence-corrected chi connectivity index (χ0v) is 14.9. The molecule has 0 spiro atoms. The summed E-state index contributed by atoms with van der Waals surface area (Å²) in [5.74, 6) is 0.700. The Morgan fingerprint density at radius 2 is 1.92 bits per heavy atom. The Balaban J connectivity index is 2.20. The van der Waals surface area contributed by atoms with Crippen molar-refractivity contribution in [3.8, 4) is 5.75 Å². The molecule has 2 aromatic rings. The van der Waals surface area contributed by atoms with Crippen molar-refractivity contribution in [3.63, 3.8) is 0 Å². The van der Waals surface area contributed by atoms with E-state index in [1.54, 1.807) is 9.80 Å². The predicted octanol–water partition coefficient (Wildman–Crippen LogP) is 3.66. The molecule has 0 saturated carbocycles. The van der Waals surface area contributed by atoms with Gasteiger partial charge in [-0.05, 0) is 49.0 Å². The van der Waals surface area contributed by atoms with Crippen molar-refractivity contribution in [2.75, 3.05) is 20.2 Å². The van der Waals surface area contributed by atoms with E-state index in [1.807, 2.05) is 57.3 Å². The highest BCUT2D eigenvalue weighted by Crippen LogP contribution is 2.32. The monoisotopic (exact) mass is 340 g/mol. The molecule has 1 amide bonds. The second-order valence-corrected chi connectivity index (χ2v) is 5.92. The fourth-order valence-electron chi connectivity index (χ4n) is 2.93. The van der Waals surface area contributed by atoms with Gasteiger partial charge in [-0.15, -0.1) is 0 Å². The van der Waals surface area contributed by atoms with E-state index in [9.17, 15) is 4.79 Å². The van der Waals surface area contributed by atoms with Crippen LogP contribution < -0.4 is 4.74 Å². The van der Waals surface area contributed by atoms with Crippen LogP contribution in [0.5, 0.6) is 5.75 Å². The van der Waals surface area contributed by atoms with E-state index >= 15 is 0 Å². The van der Waals surface area contributed by atoms with Crippen molar-refractivity contribution in [3.05, 3.63) is 47.7 Å². The largest absolute Gasteiger partial charge is 0.493 e. The first-order chi connectivity index (χ1) is 11.6. The van der Waals surface area contributed by atoms with Crippen molar-refractivity contribution in [1.82, 2.24) is 9.80 Å². The van der Waals surface area contributed by atoms with E-state index in [2.05, 4.69) is 6.07 Å². The first-order valence-electron chi connectivity index (χ1n) is 8.04. The van der Waals surface area contributed by atoms with Gasteiger partial charge in [0.1, 0.15) is 11.4 Å². The highest BCUT2D eigenvalue weighted by Gasteiger charge is 2.34. The van der Waals surface area contributed by atoms with Gasteiger partial charge in [0.05, 0.1) is 6.61 Å². The second-order valence-electron chi connectivity index (χ2n) is 5.55. The summed E-state index contributed by atoms with van der Waals surface area (Å²) in [4.78, 5) is 16.0. The molecule has 24 heavy (non-hydrogen) atoms. The summed E-state index contributed by atoms with van der Waals surface area (Å²) >= 11 is 5.37. The fourth-order valence-corrected chi connectivity index (χ4v) is 3.24. The average Bonchev–Trinajstić information content (AvgIpc) is 2.80. The molecule has 0 aliphatic carbocycles. The Kier molecular flexibility index (Phi) is 4.53. The molecule has 2 aromatic carbocycles. The van der Waals surface area contributed by atoms with Gasteiger partial charge in [0, 0.05) is 19.2 Å². The van der Waals surface area contributed by atoms with Crippen molar-refractivity contribution in [1.29, 1.82) is 0 Å². The number of rotatable bonds is 4. The number of carbonyl (C=O) groups is 1. The van der Waals surface area contributed by atoms with Crippen molar-refractivity contribution in [2.24, 2.45) is 0 Å². The van der Waals surface area contributed by atoms with E-state index in [0.29, 0.717) is 24.0 Å². The summed E-state index contributed by atoms with van der Waals surface area (Å²) in [5, 5.41) is 2.70. The molecule has 1 heterocycles. The van der Waals surface area contributed by atoms with Crippen LogP contribution in [0.2, 0.25) is 0 Å². The number of carbonyl (C=O) groups excluding carboxylic acids is 1. The molecule has 124 valence electrons. The van der Waals surface area contributed by atoms with E-state index in [0.717, 1.165) is 22.1 Å². The fraction of sp³-hybridized carbons (Fsp3) is 0.263. The lowest BCUT2D eigenvalue weighted by molar-refractivity contribution is -0.122. The van der Waals surface area contributed by atoms with Crippen LogP contribution >= 0.6 is 12.2 Å². The number of ether oxygens (including phenoxy) is 1. The van der Waals surface area contributed by atoms with Crippen LogP contribution in [0.15, 0.2) is 42.1 Å². The maximum absolute atomic E-state index is 12.7. The summed E-state index contributed by atoms with van der Waals surface area (Å²) < 4.78 is 5.79. The van der Waals surface area contributed by atoms with E-state index in [4.69, 9.17) is 17.0 Å². The number of likely N-dealkylation sites (N-methyl/N-ethyl adjacent to an activating group) is 2. The van der Waals surface area contributed by atoms with Gasteiger partial charge in [-0.25, -0.2) is 0 Å². The Hall–Kier alpha value is -2.40. The van der Waals surface area contributed by atoms with Crippen LogP contribution in [0.4, 0.5) is 0 Å². The molecule has 3 rings (SSSR count). The number of amides is 1. The van der Waals surface area contributed by atoms with Crippen LogP contribution in [0.3, 0.4) is 0 Å². The van der Waals surface area contributed by atoms with Crippen LogP contribution in [-0.2, 0) is 4.79 Å². The van der Waals surface area contributed by atoms with E-state index in [-0.39, 0.29) is 5.91 Å². The van der Waals surface area contributed by atoms with Crippen LogP contribution in [0.1, 0.15) is 19.4 Å². The van der Waals surface area contributed by atoms with Gasteiger partial charge >= 0.3 is 0 Å². The van der Waals surface area contributed by atoms with Crippen molar-refractivity contribution in [2.45, 2.75) is 13.8 Å². The number of benzene rings is 2. The minimum atomic E-state index is -0.0691. The SMILES string of the molecule is CCOc1ccc2ccccc2c1/C=C1/C(=O)N(CC)C(=S)N1C. The highest BCUT2D eigenvalue weighted by molar-refractivity contribution is 7.80. The molecule has 1 fully saturated rings. The molecule has 1 aliphatic heterocycles. The molecule has 4 nitrogen and oxygen atoms in total. The summed E-state index contributed by atoms with van der Waals surface area (Å²) in [6.07, 6.45) is 1.89. The Morgan fingerprint density at radius 3 is 2.58 bits per heavy atom. The maximum atomic E-state index is 12.7. The zero-order valence-electron chi connectivity index (χ0n) is 14.1. The number of thiocarbonyl (C=S) groups is 1. The number of fused-ring (bicyclic) bond motifs is 1. The molecule has 0 radical (unpaired) electrons. The van der Waals surface area contributed by atoms with Gasteiger partial charge in [-0.3, -0.25) is 9.69 Å². The number of hydrogen-bond donors (Lipinski definition) is 0. The van der Waals surface area contributed by atoms with Gasteiger partial charge in [0.25, 0.3) is 5.91 Å². The lowest BCUT2D eigenvalue weighted by Gasteiger charge is -2.14.